The molecule has 1 unspecified atom stereocenters. The highest BCUT2D eigenvalue weighted by Crippen LogP contribution is 2.19. The summed E-state index contributed by atoms with van der Waals surface area (Å²) in [6, 6.07) is 7.25. The monoisotopic (exact) mass is 243 g/mol. The molecule has 0 N–H and O–H groups in total. The fraction of sp³-hybridized carbons (Fsp3) is 0.154. The van der Waals surface area contributed by atoms with Crippen molar-refractivity contribution in [3.8, 4) is 6.07 Å². The number of Topliss-reactive ketones (excluding diaryl/α,β-unsaturated/α-hetero) is 1. The minimum absolute atomic E-state index is 0.214. The molecule has 1 aromatic carbocycles. The van der Waals surface area contributed by atoms with E-state index in [2.05, 4.69) is 4.98 Å². The van der Waals surface area contributed by atoms with Crippen molar-refractivity contribution in [1.82, 2.24) is 9.55 Å². The number of benzene rings is 1. The maximum absolute atomic E-state index is 12.8. The lowest BCUT2D eigenvalue weighted by molar-refractivity contribution is 0.0966. The Labute approximate surface area is 103 Å². The first-order chi connectivity index (χ1) is 8.63. The highest BCUT2D eigenvalue weighted by Gasteiger charge is 2.24. The summed E-state index contributed by atoms with van der Waals surface area (Å²) in [6.45, 7) is 0. The predicted molar refractivity (Wildman–Crippen MR) is 62.3 cm³/mol. The Morgan fingerprint density at radius 2 is 2.11 bits per heavy atom. The van der Waals surface area contributed by atoms with Gasteiger partial charge in [0.15, 0.2) is 5.82 Å². The summed E-state index contributed by atoms with van der Waals surface area (Å²) in [5.41, 5.74) is 0.465. The smallest absolute Gasteiger partial charge is 0.219 e. The van der Waals surface area contributed by atoms with Crippen LogP contribution in [0.5, 0.6) is 0 Å². The molecular formula is C13H10FN3O. The largest absolute Gasteiger partial charge is 0.332 e. The number of nitriles is 1. The molecule has 0 bridgehead atoms. The summed E-state index contributed by atoms with van der Waals surface area (Å²) in [4.78, 5) is 16.1. The lowest BCUT2D eigenvalue weighted by atomic mass is 9.95. The van der Waals surface area contributed by atoms with Gasteiger partial charge in [0.25, 0.3) is 0 Å². The van der Waals surface area contributed by atoms with Crippen LogP contribution in [-0.4, -0.2) is 15.3 Å². The standard InChI is InChI=1S/C13H10FN3O/c1-17-7-6-16-13(17)12(18)11(8-15)9-2-4-10(14)5-3-9/h2-7,11H,1H3. The average Bonchev–Trinajstić information content (AvgIpc) is 2.78. The van der Waals surface area contributed by atoms with Crippen LogP contribution in [0, 0.1) is 17.1 Å². The van der Waals surface area contributed by atoms with Crippen molar-refractivity contribution in [2.24, 2.45) is 7.05 Å². The van der Waals surface area contributed by atoms with E-state index in [1.807, 2.05) is 6.07 Å². The molecule has 0 aliphatic rings. The molecule has 0 saturated carbocycles. The van der Waals surface area contributed by atoms with Gasteiger partial charge in [-0.2, -0.15) is 5.26 Å². The highest BCUT2D eigenvalue weighted by molar-refractivity contribution is 6.00. The number of rotatable bonds is 3. The highest BCUT2D eigenvalue weighted by atomic mass is 19.1. The molecule has 0 amide bonds. The molecule has 0 spiro atoms. The van der Waals surface area contributed by atoms with E-state index in [4.69, 9.17) is 5.26 Å². The lowest BCUT2D eigenvalue weighted by Gasteiger charge is -2.08. The van der Waals surface area contributed by atoms with E-state index < -0.39 is 17.5 Å². The van der Waals surface area contributed by atoms with Crippen LogP contribution in [0.2, 0.25) is 0 Å². The molecule has 90 valence electrons. The summed E-state index contributed by atoms with van der Waals surface area (Å²) in [5, 5.41) is 9.11. The number of aryl methyl sites for hydroxylation is 1. The van der Waals surface area contributed by atoms with Crippen LogP contribution in [-0.2, 0) is 7.05 Å². The zero-order valence-corrected chi connectivity index (χ0v) is 9.67. The molecule has 0 fully saturated rings. The van der Waals surface area contributed by atoms with Gasteiger partial charge in [-0.05, 0) is 17.7 Å². The van der Waals surface area contributed by atoms with E-state index in [9.17, 15) is 9.18 Å². The fourth-order valence-electron chi connectivity index (χ4n) is 1.67. The van der Waals surface area contributed by atoms with E-state index in [1.54, 1.807) is 17.8 Å². The Hall–Kier alpha value is -2.48. The minimum Gasteiger partial charge on any atom is -0.332 e. The van der Waals surface area contributed by atoms with Crippen LogP contribution in [0.1, 0.15) is 22.1 Å². The zero-order chi connectivity index (χ0) is 13.1. The van der Waals surface area contributed by atoms with Crippen molar-refractivity contribution in [2.45, 2.75) is 5.92 Å². The van der Waals surface area contributed by atoms with Gasteiger partial charge in [-0.3, -0.25) is 4.79 Å². The second-order valence-electron chi connectivity index (χ2n) is 3.84. The molecular weight excluding hydrogens is 233 g/mol. The molecule has 18 heavy (non-hydrogen) atoms. The van der Waals surface area contributed by atoms with Crippen molar-refractivity contribution in [3.05, 3.63) is 53.9 Å². The number of nitrogens with zero attached hydrogens (tertiary/aromatic N) is 3. The number of hydrogen-bond donors (Lipinski definition) is 0. The number of ketones is 1. The number of carbonyl (C=O) groups excluding carboxylic acids is 1. The van der Waals surface area contributed by atoms with Crippen molar-refractivity contribution < 1.29 is 9.18 Å². The molecule has 0 saturated heterocycles. The van der Waals surface area contributed by atoms with E-state index >= 15 is 0 Å². The summed E-state index contributed by atoms with van der Waals surface area (Å²) in [7, 11) is 1.68. The van der Waals surface area contributed by atoms with Crippen LogP contribution in [0.3, 0.4) is 0 Å². The molecule has 5 heteroatoms. The van der Waals surface area contributed by atoms with E-state index in [0.717, 1.165) is 0 Å². The number of aromatic nitrogens is 2. The van der Waals surface area contributed by atoms with Gasteiger partial charge in [-0.25, -0.2) is 9.37 Å². The van der Waals surface area contributed by atoms with Gasteiger partial charge in [0.1, 0.15) is 11.7 Å². The first-order valence-corrected chi connectivity index (χ1v) is 5.30. The maximum Gasteiger partial charge on any atom is 0.219 e. The second-order valence-corrected chi connectivity index (χ2v) is 3.84. The summed E-state index contributed by atoms with van der Waals surface area (Å²) >= 11 is 0. The third-order valence-electron chi connectivity index (χ3n) is 2.64. The van der Waals surface area contributed by atoms with Crippen LogP contribution in [0.4, 0.5) is 4.39 Å². The summed E-state index contributed by atoms with van der Waals surface area (Å²) in [6.07, 6.45) is 3.12. The SMILES string of the molecule is Cn1ccnc1C(=O)C(C#N)c1ccc(F)cc1. The molecule has 2 rings (SSSR count). The Bertz CT molecular complexity index is 610. The van der Waals surface area contributed by atoms with Crippen LogP contribution in [0.15, 0.2) is 36.7 Å². The van der Waals surface area contributed by atoms with E-state index in [0.29, 0.717) is 5.56 Å². The first kappa shape index (κ1) is 12.0. The third-order valence-corrected chi connectivity index (χ3v) is 2.64. The first-order valence-electron chi connectivity index (χ1n) is 5.30. The Morgan fingerprint density at radius 1 is 1.44 bits per heavy atom. The molecule has 1 aromatic heterocycles. The predicted octanol–water partition coefficient (Wildman–Crippen LogP) is 2.05. The quantitative estimate of drug-likeness (QED) is 0.775. The van der Waals surface area contributed by atoms with Crippen molar-refractivity contribution in [3.63, 3.8) is 0 Å². The molecule has 1 atom stereocenters. The van der Waals surface area contributed by atoms with Crippen LogP contribution >= 0.6 is 0 Å². The normalized spacial score (nSPS) is 11.8. The van der Waals surface area contributed by atoms with Crippen LogP contribution in [0.25, 0.3) is 0 Å². The molecule has 2 aromatic rings. The molecule has 1 heterocycles. The zero-order valence-electron chi connectivity index (χ0n) is 9.67. The fourth-order valence-corrected chi connectivity index (χ4v) is 1.67. The van der Waals surface area contributed by atoms with E-state index in [-0.39, 0.29) is 5.82 Å². The Morgan fingerprint density at radius 3 is 2.61 bits per heavy atom. The minimum atomic E-state index is -0.966. The summed E-state index contributed by atoms with van der Waals surface area (Å²) < 4.78 is 14.4. The van der Waals surface area contributed by atoms with Gasteiger partial charge in [-0.1, -0.05) is 12.1 Å². The maximum atomic E-state index is 12.8. The van der Waals surface area contributed by atoms with Gasteiger partial charge < -0.3 is 4.57 Å². The molecule has 0 radical (unpaired) electrons. The number of halogens is 1. The topological polar surface area (TPSA) is 58.7 Å². The van der Waals surface area contributed by atoms with Crippen molar-refractivity contribution in [1.29, 1.82) is 5.26 Å². The van der Waals surface area contributed by atoms with E-state index in [1.165, 1.54) is 30.5 Å². The number of carbonyl (C=O) groups is 1. The van der Waals surface area contributed by atoms with Crippen LogP contribution < -0.4 is 0 Å². The van der Waals surface area contributed by atoms with Gasteiger partial charge in [0, 0.05) is 19.4 Å². The van der Waals surface area contributed by atoms with Gasteiger partial charge >= 0.3 is 0 Å². The van der Waals surface area contributed by atoms with Gasteiger partial charge in [0.2, 0.25) is 5.78 Å². The lowest BCUT2D eigenvalue weighted by Crippen LogP contribution is -2.15. The summed E-state index contributed by atoms with van der Waals surface area (Å²) in [5.74, 6) is -1.55. The number of imidazole rings is 1. The average molecular weight is 243 g/mol. The number of hydrogen-bond acceptors (Lipinski definition) is 3. The molecule has 0 aliphatic heterocycles. The Kier molecular flexibility index (Phi) is 3.20. The third kappa shape index (κ3) is 2.13. The molecule has 4 nitrogen and oxygen atoms in total. The Balaban J connectivity index is 2.36. The second kappa shape index (κ2) is 4.80. The van der Waals surface area contributed by atoms with Gasteiger partial charge in [-0.15, -0.1) is 0 Å². The van der Waals surface area contributed by atoms with Gasteiger partial charge in [0.05, 0.1) is 6.07 Å². The molecule has 0 aliphatic carbocycles. The van der Waals surface area contributed by atoms with Crippen molar-refractivity contribution >= 4 is 5.78 Å². The van der Waals surface area contributed by atoms with Crippen molar-refractivity contribution in [2.75, 3.05) is 0 Å².